The Labute approximate surface area is 121 Å². The molecule has 0 saturated carbocycles. The molecule has 3 rings (SSSR count). The molecule has 0 atom stereocenters. The number of hydrogen-bond donors (Lipinski definition) is 2. The molecule has 6 heteroatoms. The van der Waals surface area contributed by atoms with Crippen LogP contribution in [-0.4, -0.2) is 15.3 Å². The van der Waals surface area contributed by atoms with Gasteiger partial charge in [0.25, 0.3) is 0 Å². The Morgan fingerprint density at radius 3 is 2.90 bits per heavy atom. The second kappa shape index (κ2) is 5.66. The van der Waals surface area contributed by atoms with E-state index in [4.69, 9.17) is 16.6 Å². The Balaban J connectivity index is 1.71. The third kappa shape index (κ3) is 2.75. The van der Waals surface area contributed by atoms with Crippen molar-refractivity contribution in [2.45, 2.75) is 6.54 Å². The van der Waals surface area contributed by atoms with E-state index in [0.29, 0.717) is 11.7 Å². The molecule has 0 spiro atoms. The molecule has 100 valence electrons. The smallest absolute Gasteiger partial charge is 0.171 e. The van der Waals surface area contributed by atoms with Crippen molar-refractivity contribution in [3.8, 4) is 0 Å². The summed E-state index contributed by atoms with van der Waals surface area (Å²) in [5.41, 5.74) is 0.898. The lowest BCUT2D eigenvalue weighted by atomic mass is 10.2. The van der Waals surface area contributed by atoms with Gasteiger partial charge in [0.05, 0.1) is 25.2 Å². The summed E-state index contributed by atoms with van der Waals surface area (Å²) in [5.74, 6) is 0.831. The molecule has 1 aromatic carbocycles. The first kappa shape index (κ1) is 12.6. The Morgan fingerprint density at radius 1 is 1.15 bits per heavy atom. The number of fused-ring (bicyclic) bond motifs is 1. The van der Waals surface area contributed by atoms with E-state index < -0.39 is 0 Å². The maximum Gasteiger partial charge on any atom is 0.171 e. The number of thiocarbonyl (C=S) groups is 1. The van der Waals surface area contributed by atoms with E-state index in [9.17, 15) is 0 Å². The van der Waals surface area contributed by atoms with E-state index in [-0.39, 0.29) is 0 Å². The minimum Gasteiger partial charge on any atom is -0.467 e. The number of nitrogens with one attached hydrogen (secondary N) is 2. The highest BCUT2D eigenvalue weighted by Crippen LogP contribution is 2.21. The average Bonchev–Trinajstić information content (AvgIpc) is 2.99. The van der Waals surface area contributed by atoms with Crippen LogP contribution in [0.4, 0.5) is 5.69 Å². The van der Waals surface area contributed by atoms with Gasteiger partial charge in [-0.05, 0) is 30.4 Å². The van der Waals surface area contributed by atoms with E-state index in [0.717, 1.165) is 22.2 Å². The second-order valence-electron chi connectivity index (χ2n) is 4.18. The van der Waals surface area contributed by atoms with Crippen LogP contribution in [0.3, 0.4) is 0 Å². The third-order valence-electron chi connectivity index (χ3n) is 2.84. The highest BCUT2D eigenvalue weighted by molar-refractivity contribution is 7.80. The summed E-state index contributed by atoms with van der Waals surface area (Å²) < 4.78 is 5.24. The van der Waals surface area contributed by atoms with Crippen molar-refractivity contribution in [2.75, 3.05) is 5.32 Å². The topological polar surface area (TPSA) is 63.0 Å². The standard InChI is InChI=1S/C14H12N4OS/c20-14(15-8-11-4-2-6-19-11)18-13-5-1-3-10-7-16-17-9-12(10)13/h1-7,9H,8H2,(H2,15,18,20). The molecule has 2 N–H and O–H groups in total. The first-order valence-electron chi connectivity index (χ1n) is 6.09. The summed E-state index contributed by atoms with van der Waals surface area (Å²) in [4.78, 5) is 0. The maximum atomic E-state index is 5.27. The summed E-state index contributed by atoms with van der Waals surface area (Å²) in [6.45, 7) is 0.545. The zero-order valence-corrected chi connectivity index (χ0v) is 11.4. The fraction of sp³-hybridized carbons (Fsp3) is 0.0714. The van der Waals surface area contributed by atoms with Gasteiger partial charge >= 0.3 is 0 Å². The molecule has 2 aromatic heterocycles. The van der Waals surface area contributed by atoms with E-state index in [1.54, 1.807) is 18.7 Å². The lowest BCUT2D eigenvalue weighted by Gasteiger charge is -2.11. The van der Waals surface area contributed by atoms with Crippen molar-refractivity contribution in [3.05, 3.63) is 54.7 Å². The monoisotopic (exact) mass is 284 g/mol. The quantitative estimate of drug-likeness (QED) is 0.721. The molecule has 5 nitrogen and oxygen atoms in total. The highest BCUT2D eigenvalue weighted by atomic mass is 32.1. The number of furan rings is 1. The van der Waals surface area contributed by atoms with E-state index in [1.165, 1.54) is 0 Å². The molecule has 0 amide bonds. The van der Waals surface area contributed by atoms with Gasteiger partial charge in [-0.3, -0.25) is 0 Å². The minimum absolute atomic E-state index is 0.533. The van der Waals surface area contributed by atoms with Crippen LogP contribution in [0.25, 0.3) is 10.8 Å². The molecule has 0 aliphatic heterocycles. The van der Waals surface area contributed by atoms with Crippen LogP contribution in [0.2, 0.25) is 0 Å². The number of anilines is 1. The molecule has 0 aliphatic rings. The molecule has 0 radical (unpaired) electrons. The van der Waals surface area contributed by atoms with Crippen LogP contribution in [0.1, 0.15) is 5.76 Å². The predicted molar refractivity (Wildman–Crippen MR) is 81.3 cm³/mol. The summed E-state index contributed by atoms with van der Waals surface area (Å²) in [6.07, 6.45) is 5.07. The highest BCUT2D eigenvalue weighted by Gasteiger charge is 2.04. The minimum atomic E-state index is 0.533. The fourth-order valence-electron chi connectivity index (χ4n) is 1.88. The van der Waals surface area contributed by atoms with E-state index >= 15 is 0 Å². The van der Waals surface area contributed by atoms with Gasteiger partial charge in [-0.15, -0.1) is 0 Å². The fourth-order valence-corrected chi connectivity index (χ4v) is 2.06. The van der Waals surface area contributed by atoms with Gasteiger partial charge in [0.15, 0.2) is 5.11 Å². The van der Waals surface area contributed by atoms with Crippen molar-refractivity contribution < 1.29 is 4.42 Å². The van der Waals surface area contributed by atoms with Crippen LogP contribution in [-0.2, 0) is 6.54 Å². The normalized spacial score (nSPS) is 10.4. The molecular weight excluding hydrogens is 272 g/mol. The molecule has 20 heavy (non-hydrogen) atoms. The van der Waals surface area contributed by atoms with Gasteiger partial charge in [-0.1, -0.05) is 12.1 Å². The van der Waals surface area contributed by atoms with Gasteiger partial charge in [0.1, 0.15) is 5.76 Å². The van der Waals surface area contributed by atoms with E-state index in [1.807, 2.05) is 30.3 Å². The molecular formula is C14H12N4OS. The van der Waals surface area contributed by atoms with Gasteiger partial charge in [-0.25, -0.2) is 0 Å². The lowest BCUT2D eigenvalue weighted by Crippen LogP contribution is -2.27. The van der Waals surface area contributed by atoms with Gasteiger partial charge in [-0.2, -0.15) is 10.2 Å². The SMILES string of the molecule is S=C(NCc1ccco1)Nc1cccc2cnncc12. The van der Waals surface area contributed by atoms with Crippen LogP contribution >= 0.6 is 12.2 Å². The second-order valence-corrected chi connectivity index (χ2v) is 4.59. The lowest BCUT2D eigenvalue weighted by molar-refractivity contribution is 0.503. The van der Waals surface area contributed by atoms with Crippen LogP contribution in [0, 0.1) is 0 Å². The van der Waals surface area contributed by atoms with Crippen LogP contribution in [0.15, 0.2) is 53.4 Å². The van der Waals surface area contributed by atoms with Gasteiger partial charge in [0.2, 0.25) is 0 Å². The molecule has 0 fully saturated rings. The van der Waals surface area contributed by atoms with Gasteiger partial charge < -0.3 is 15.1 Å². The Kier molecular flexibility index (Phi) is 3.56. The third-order valence-corrected chi connectivity index (χ3v) is 3.09. The number of nitrogens with zero attached hydrogens (tertiary/aromatic N) is 2. The Morgan fingerprint density at radius 2 is 2.05 bits per heavy atom. The Bertz CT molecular complexity index is 722. The molecule has 0 saturated heterocycles. The summed E-state index contributed by atoms with van der Waals surface area (Å²) in [7, 11) is 0. The molecule has 3 aromatic rings. The predicted octanol–water partition coefficient (Wildman–Crippen LogP) is 2.71. The first-order valence-corrected chi connectivity index (χ1v) is 6.50. The number of hydrogen-bond acceptors (Lipinski definition) is 4. The van der Waals surface area contributed by atoms with Crippen LogP contribution < -0.4 is 10.6 Å². The molecule has 2 heterocycles. The molecule has 0 bridgehead atoms. The zero-order chi connectivity index (χ0) is 13.8. The van der Waals surface area contributed by atoms with E-state index in [2.05, 4.69) is 20.8 Å². The summed E-state index contributed by atoms with van der Waals surface area (Å²) in [5, 5.41) is 16.5. The largest absolute Gasteiger partial charge is 0.467 e. The van der Waals surface area contributed by atoms with Crippen molar-refractivity contribution in [1.29, 1.82) is 0 Å². The zero-order valence-electron chi connectivity index (χ0n) is 10.5. The van der Waals surface area contributed by atoms with Crippen molar-refractivity contribution in [2.24, 2.45) is 0 Å². The van der Waals surface area contributed by atoms with Crippen LogP contribution in [0.5, 0.6) is 0 Å². The Hall–Kier alpha value is -2.47. The van der Waals surface area contributed by atoms with Crippen molar-refractivity contribution >= 4 is 33.8 Å². The first-order chi connectivity index (χ1) is 9.83. The summed E-state index contributed by atoms with van der Waals surface area (Å²) in [6, 6.07) is 9.61. The average molecular weight is 284 g/mol. The van der Waals surface area contributed by atoms with Crippen molar-refractivity contribution in [1.82, 2.24) is 15.5 Å². The van der Waals surface area contributed by atoms with Crippen molar-refractivity contribution in [3.63, 3.8) is 0 Å². The summed E-state index contributed by atoms with van der Waals surface area (Å²) >= 11 is 5.27. The number of rotatable bonds is 3. The van der Waals surface area contributed by atoms with Gasteiger partial charge in [0, 0.05) is 16.5 Å². The maximum absolute atomic E-state index is 5.27. The number of aromatic nitrogens is 2. The molecule has 0 unspecified atom stereocenters. The number of benzene rings is 1. The molecule has 0 aliphatic carbocycles.